The molecule has 0 amide bonds. The van der Waals surface area contributed by atoms with Gasteiger partial charge in [0.05, 0.1) is 53.5 Å². The summed E-state index contributed by atoms with van der Waals surface area (Å²) >= 11 is 0. The molecule has 0 unspecified atom stereocenters. The Balaban J connectivity index is 0.00000331. The molecule has 28 heteroatoms. The largest absolute Gasteiger partial charge is 1.00 e. The average Bonchev–Trinajstić information content (AvgIpc) is 3.09. The number of hydrogen-bond donors (Lipinski definition) is 4. The molecule has 0 fully saturated rings. The number of ketones is 2. The van der Waals surface area contributed by atoms with E-state index in [0.29, 0.717) is 34.6 Å². The topological polar surface area (TPSA) is 364 Å². The van der Waals surface area contributed by atoms with Gasteiger partial charge in [-0.15, -0.1) is 0 Å². The Bertz CT molecular complexity index is 2950. The van der Waals surface area contributed by atoms with Gasteiger partial charge in [0, 0.05) is 11.1 Å². The van der Waals surface area contributed by atoms with Gasteiger partial charge in [-0.25, -0.2) is 33.7 Å². The number of aryl methyl sites for hydroxylation is 2. The van der Waals surface area contributed by atoms with Gasteiger partial charge in [0.2, 0.25) is 11.6 Å². The summed E-state index contributed by atoms with van der Waals surface area (Å²) < 4.78 is 142. The normalized spacial score (nSPS) is 14.7. The molecule has 0 spiro atoms. The van der Waals surface area contributed by atoms with Gasteiger partial charge in [0.1, 0.15) is 51.9 Å². The molecule has 0 saturated carbocycles. The van der Waals surface area contributed by atoms with Crippen LogP contribution >= 0.6 is 0 Å². The van der Waals surface area contributed by atoms with Crippen LogP contribution in [0.25, 0.3) is 23.3 Å². The molecule has 302 valence electrons. The van der Waals surface area contributed by atoms with Crippen LogP contribution in [-0.4, -0.2) is 74.9 Å². The van der Waals surface area contributed by atoms with Crippen molar-refractivity contribution in [1.29, 1.82) is 0 Å². The maximum absolute atomic E-state index is 13.3. The molecule has 0 heterocycles. The van der Waals surface area contributed by atoms with Crippen LogP contribution in [0.5, 0.6) is 0 Å². The number of nitrogens with zero attached hydrogens (tertiary/aromatic N) is 2. The van der Waals surface area contributed by atoms with Crippen LogP contribution in [-0.2, 0) is 40.5 Å². The molecule has 0 aromatic heterocycles. The van der Waals surface area contributed by atoms with Crippen LogP contribution in [0.1, 0.15) is 43.0 Å². The summed E-state index contributed by atoms with van der Waals surface area (Å²) in [4.78, 5) is 21.9. The summed E-state index contributed by atoms with van der Waals surface area (Å²) in [6, 6.07) is 10.6. The van der Waals surface area contributed by atoms with Gasteiger partial charge < -0.3 is 29.7 Å². The molecule has 62 heavy (non-hydrogen) atoms. The van der Waals surface area contributed by atoms with E-state index in [9.17, 15) is 61.5 Å². The Morgan fingerprint density at radius 3 is 1.06 bits per heavy atom. The molecule has 0 radical (unpaired) electrons. The van der Waals surface area contributed by atoms with Crippen LogP contribution in [0.3, 0.4) is 0 Å². The second kappa shape index (κ2) is 20.6. The van der Waals surface area contributed by atoms with E-state index in [1.807, 2.05) is 0 Å². The van der Waals surface area contributed by atoms with Crippen molar-refractivity contribution in [3.8, 4) is 11.1 Å². The van der Waals surface area contributed by atoms with Crippen LogP contribution in [0.4, 0.5) is 22.7 Å². The Labute approximate surface area is 443 Å². The van der Waals surface area contributed by atoms with Crippen LogP contribution < -0.4 is 141 Å². The number of rotatable bonds is 9. The van der Waals surface area contributed by atoms with E-state index < -0.39 is 105 Å². The third-order valence-electron chi connectivity index (χ3n) is 8.83. The molecular formula is C34H24N6Na4O14S4. The number of anilines is 4. The second-order valence-electron chi connectivity index (χ2n) is 12.6. The summed E-state index contributed by atoms with van der Waals surface area (Å²) in [5.41, 5.74) is 15.8. The Morgan fingerprint density at radius 2 is 0.790 bits per heavy atom. The first-order valence-electron chi connectivity index (χ1n) is 15.9. The van der Waals surface area contributed by atoms with Crippen molar-refractivity contribution >= 4 is 98.4 Å². The first kappa shape index (κ1) is 56.0. The van der Waals surface area contributed by atoms with Gasteiger partial charge in [-0.1, -0.05) is 24.3 Å². The second-order valence-corrected chi connectivity index (χ2v) is 18.0. The van der Waals surface area contributed by atoms with Crippen LogP contribution in [0.2, 0.25) is 0 Å². The summed E-state index contributed by atoms with van der Waals surface area (Å²) in [5, 5.41) is 8.05. The smallest absolute Gasteiger partial charge is 0.744 e. The Kier molecular flexibility index (Phi) is 18.6. The first-order valence-corrected chi connectivity index (χ1v) is 21.5. The number of hydrazone groups is 2. The molecular weight excluding hydrogens is 937 g/mol. The zero-order valence-electron chi connectivity index (χ0n) is 33.3. The predicted molar refractivity (Wildman–Crippen MR) is 204 cm³/mol. The van der Waals surface area contributed by atoms with Gasteiger partial charge in [0.15, 0.2) is 0 Å². The van der Waals surface area contributed by atoms with Crippen molar-refractivity contribution < 1.29 is 180 Å². The van der Waals surface area contributed by atoms with Gasteiger partial charge >= 0.3 is 118 Å². The minimum Gasteiger partial charge on any atom is -0.744 e. The zero-order chi connectivity index (χ0) is 42.9. The molecule has 6 rings (SSSR count). The van der Waals surface area contributed by atoms with Crippen molar-refractivity contribution in [1.82, 2.24) is 0 Å². The van der Waals surface area contributed by atoms with Gasteiger partial charge in [0.25, 0.3) is 0 Å². The monoisotopic (exact) mass is 960 g/mol. The van der Waals surface area contributed by atoms with E-state index in [1.165, 1.54) is 0 Å². The standard InChI is InChI=1S/C34H28N6O14S4.4Na/c1-15-11-17(37-39-23-9-7-21-25(55(43,44)45)13-27(57(49,50)51)31(35)29(21)33(23)41)3-5-19(15)20-6-4-18(12-16(20)2)38-40-24-10-8-22-26(56(46,47)48)14-28(58(52,53)54)32(36)30(22)34(24)42;;;;/h3-14,37-38H,35-36H2,1-2H3,(H,43,44,45)(H,46,47,48)(H,49,50,51)(H,52,53,54);;;;/q;4*+1/p-4/b39-23+,40-24+;;;;. The minimum atomic E-state index is -5.40. The minimum absolute atomic E-state index is 0. The number of carbonyl (C=O) groups excluding carboxylic acids is 2. The first-order chi connectivity index (χ1) is 26.8. The van der Waals surface area contributed by atoms with E-state index >= 15 is 0 Å². The van der Waals surface area contributed by atoms with E-state index in [0.717, 1.165) is 35.4 Å². The van der Waals surface area contributed by atoms with Crippen molar-refractivity contribution in [2.24, 2.45) is 10.2 Å². The number of nitrogen functional groups attached to an aromatic ring is 2. The molecule has 0 saturated heterocycles. The number of fused-ring (bicyclic) bond motifs is 2. The average molecular weight is 961 g/mol. The van der Waals surface area contributed by atoms with E-state index in [2.05, 4.69) is 21.1 Å². The Morgan fingerprint density at radius 1 is 0.484 bits per heavy atom. The van der Waals surface area contributed by atoms with Crippen molar-refractivity contribution in [3.63, 3.8) is 0 Å². The maximum Gasteiger partial charge on any atom is 1.00 e. The quantitative estimate of drug-likeness (QED) is 0.0524. The van der Waals surface area contributed by atoms with Crippen LogP contribution in [0.15, 0.2) is 90.5 Å². The fourth-order valence-corrected chi connectivity index (χ4v) is 9.03. The zero-order valence-corrected chi connectivity index (χ0v) is 44.6. The molecule has 0 aliphatic heterocycles. The van der Waals surface area contributed by atoms with Crippen molar-refractivity contribution in [2.75, 3.05) is 22.3 Å². The van der Waals surface area contributed by atoms with Gasteiger partial charge in [-0.3, -0.25) is 20.4 Å². The number of allylic oxidation sites excluding steroid dienone is 2. The van der Waals surface area contributed by atoms with E-state index in [4.69, 9.17) is 11.5 Å². The maximum atomic E-state index is 13.3. The molecule has 0 bridgehead atoms. The molecule has 2 aliphatic rings. The van der Waals surface area contributed by atoms with E-state index in [-0.39, 0.29) is 130 Å². The summed E-state index contributed by atoms with van der Waals surface area (Å²) in [6.45, 7) is 3.53. The number of carbonyl (C=O) groups is 2. The molecule has 4 aromatic carbocycles. The molecule has 4 aromatic rings. The summed E-state index contributed by atoms with van der Waals surface area (Å²) in [7, 11) is -21.5. The van der Waals surface area contributed by atoms with E-state index in [1.54, 1.807) is 50.2 Å². The molecule has 20 nitrogen and oxygen atoms in total. The predicted octanol–water partition coefficient (Wildman–Crippen LogP) is -9.88. The van der Waals surface area contributed by atoms with Gasteiger partial charge in [-0.2, -0.15) is 10.2 Å². The van der Waals surface area contributed by atoms with Gasteiger partial charge in [-0.05, 0) is 84.7 Å². The molecule has 2 aliphatic carbocycles. The molecule has 6 N–H and O–H groups in total. The number of hydrogen-bond acceptors (Lipinski definition) is 20. The van der Waals surface area contributed by atoms with Crippen LogP contribution in [0, 0.1) is 13.8 Å². The Hall–Kier alpha value is -2.12. The summed E-state index contributed by atoms with van der Waals surface area (Å²) in [6.07, 6.45) is 4.21. The third kappa shape index (κ3) is 11.5. The number of nitrogens with one attached hydrogen (secondary N) is 2. The number of nitrogens with two attached hydrogens (primary N) is 2. The summed E-state index contributed by atoms with van der Waals surface area (Å²) in [5.74, 6) is -2.13. The fourth-order valence-electron chi connectivity index (χ4n) is 6.21. The fraction of sp³-hybridized carbons (Fsp3) is 0.0588. The molecule has 0 atom stereocenters. The third-order valence-corrected chi connectivity index (χ3v) is 12.3. The number of Topliss-reactive ketones (excluding diaryl/α,β-unsaturated/α-hetero) is 2. The van der Waals surface area contributed by atoms with Crippen molar-refractivity contribution in [3.05, 3.63) is 94.1 Å². The number of benzene rings is 4. The SMILES string of the molecule is Cc1cc(N/N=C2\C=Cc3c(S(=O)(=O)[O-])cc(S(=O)(=O)[O-])c(N)c3C2=O)ccc1-c1ccc(N/N=C2\C=Cc3c(S(=O)(=O)[O-])cc(S(=O)(=O)[O-])c(N)c3C2=O)cc1C.[Na+].[Na+].[Na+].[Na+]. The van der Waals surface area contributed by atoms with Crippen molar-refractivity contribution in [2.45, 2.75) is 33.4 Å².